The molecular weight excluding hydrogens is 332 g/mol. The van der Waals surface area contributed by atoms with Gasteiger partial charge in [-0.1, -0.05) is 53.7 Å². The van der Waals surface area contributed by atoms with Gasteiger partial charge < -0.3 is 20.4 Å². The van der Waals surface area contributed by atoms with E-state index in [1.807, 2.05) is 12.1 Å². The van der Waals surface area contributed by atoms with E-state index >= 15 is 0 Å². The van der Waals surface area contributed by atoms with Gasteiger partial charge >= 0.3 is 5.97 Å². The first kappa shape index (κ1) is 22.5. The van der Waals surface area contributed by atoms with Gasteiger partial charge in [-0.25, -0.2) is 0 Å². The van der Waals surface area contributed by atoms with E-state index in [0.717, 1.165) is 16.7 Å². The highest BCUT2D eigenvalue weighted by atomic mass is 16.4. The number of benzene rings is 1. The number of carboxylic acid groups (broad SMARTS) is 1. The summed E-state index contributed by atoms with van der Waals surface area (Å²) in [6.07, 6.45) is -1.12. The highest BCUT2D eigenvalue weighted by Crippen LogP contribution is 2.40. The van der Waals surface area contributed by atoms with Crippen molar-refractivity contribution in [2.24, 2.45) is 0 Å². The Kier molecular flexibility index (Phi) is 7.25. The minimum Gasteiger partial charge on any atom is -0.507 e. The Morgan fingerprint density at radius 2 is 1.42 bits per heavy atom. The van der Waals surface area contributed by atoms with E-state index in [1.54, 1.807) is 0 Å². The van der Waals surface area contributed by atoms with Crippen LogP contribution in [0.2, 0.25) is 0 Å². The number of aryl methyl sites for hydroxylation is 1. The van der Waals surface area contributed by atoms with E-state index in [9.17, 15) is 20.1 Å². The SMILES string of the molecule is CC(C)(C)c1cc(CC[C@@H](O)C[C@@H](O)CC(=O)O)cc(C(C)(C)C)c1O. The van der Waals surface area contributed by atoms with E-state index in [0.29, 0.717) is 18.6 Å². The molecule has 0 saturated heterocycles. The predicted molar refractivity (Wildman–Crippen MR) is 103 cm³/mol. The lowest BCUT2D eigenvalue weighted by atomic mass is 9.78. The number of hydrogen-bond donors (Lipinski definition) is 4. The van der Waals surface area contributed by atoms with Crippen LogP contribution in [0.4, 0.5) is 0 Å². The van der Waals surface area contributed by atoms with Crippen LogP contribution in [0.3, 0.4) is 0 Å². The van der Waals surface area contributed by atoms with Gasteiger partial charge in [-0.2, -0.15) is 0 Å². The Morgan fingerprint density at radius 1 is 0.962 bits per heavy atom. The van der Waals surface area contributed by atoms with Crippen LogP contribution >= 0.6 is 0 Å². The zero-order chi connectivity index (χ0) is 20.3. The number of hydrogen-bond acceptors (Lipinski definition) is 4. The van der Waals surface area contributed by atoms with Gasteiger partial charge in [0.05, 0.1) is 18.6 Å². The number of aliphatic carboxylic acids is 1. The van der Waals surface area contributed by atoms with E-state index in [-0.39, 0.29) is 23.7 Å². The molecule has 148 valence electrons. The second-order valence-corrected chi connectivity index (χ2v) is 9.22. The molecule has 2 atom stereocenters. The van der Waals surface area contributed by atoms with Crippen LogP contribution in [-0.4, -0.2) is 38.6 Å². The highest BCUT2D eigenvalue weighted by molar-refractivity contribution is 5.67. The third kappa shape index (κ3) is 6.61. The largest absolute Gasteiger partial charge is 0.507 e. The average molecular weight is 366 g/mol. The summed E-state index contributed by atoms with van der Waals surface area (Å²) in [7, 11) is 0. The fourth-order valence-corrected chi connectivity index (χ4v) is 3.03. The molecule has 4 N–H and O–H groups in total. The molecule has 0 heterocycles. The van der Waals surface area contributed by atoms with Crippen molar-refractivity contribution >= 4 is 5.97 Å². The van der Waals surface area contributed by atoms with Crippen molar-refractivity contribution in [3.05, 3.63) is 28.8 Å². The molecule has 0 aliphatic heterocycles. The Balaban J connectivity index is 2.98. The smallest absolute Gasteiger partial charge is 0.305 e. The summed E-state index contributed by atoms with van der Waals surface area (Å²) in [5.41, 5.74) is 2.34. The van der Waals surface area contributed by atoms with Crippen LogP contribution in [0.1, 0.15) is 77.5 Å². The Hall–Kier alpha value is -1.59. The zero-order valence-corrected chi connectivity index (χ0v) is 16.8. The van der Waals surface area contributed by atoms with Crippen molar-refractivity contribution in [1.29, 1.82) is 0 Å². The quantitative estimate of drug-likeness (QED) is 0.592. The maximum absolute atomic E-state index is 10.7. The number of aliphatic hydroxyl groups is 2. The molecule has 0 saturated carbocycles. The maximum Gasteiger partial charge on any atom is 0.305 e. The summed E-state index contributed by atoms with van der Waals surface area (Å²) in [6.45, 7) is 12.3. The molecule has 0 radical (unpaired) electrons. The molecule has 0 aromatic heterocycles. The summed E-state index contributed by atoms with van der Waals surface area (Å²) in [5, 5.41) is 39.2. The van der Waals surface area contributed by atoms with Crippen molar-refractivity contribution in [2.45, 2.75) is 90.3 Å². The number of carbonyl (C=O) groups is 1. The lowest BCUT2D eigenvalue weighted by Gasteiger charge is -2.28. The molecule has 0 spiro atoms. The van der Waals surface area contributed by atoms with Gasteiger partial charge in [0.15, 0.2) is 0 Å². The molecule has 5 nitrogen and oxygen atoms in total. The monoisotopic (exact) mass is 366 g/mol. The van der Waals surface area contributed by atoms with Crippen molar-refractivity contribution in [3.8, 4) is 5.75 Å². The first-order chi connectivity index (χ1) is 11.7. The average Bonchev–Trinajstić information content (AvgIpc) is 2.42. The maximum atomic E-state index is 10.7. The zero-order valence-electron chi connectivity index (χ0n) is 16.8. The van der Waals surface area contributed by atoms with Crippen LogP contribution < -0.4 is 0 Å². The lowest BCUT2D eigenvalue weighted by Crippen LogP contribution is -2.21. The number of phenolic OH excluding ortho intramolecular Hbond substituents is 1. The number of aliphatic hydroxyl groups excluding tert-OH is 2. The summed E-state index contributed by atoms with van der Waals surface area (Å²) in [4.78, 5) is 10.6. The lowest BCUT2D eigenvalue weighted by molar-refractivity contribution is -0.139. The predicted octanol–water partition coefficient (Wildman–Crippen LogP) is 3.51. The summed E-state index contributed by atoms with van der Waals surface area (Å²) in [5.74, 6) is -0.751. The van der Waals surface area contributed by atoms with Crippen LogP contribution in [0.15, 0.2) is 12.1 Å². The molecule has 0 amide bonds. The van der Waals surface area contributed by atoms with Gasteiger partial charge in [0.2, 0.25) is 0 Å². The molecule has 0 fully saturated rings. The van der Waals surface area contributed by atoms with Crippen LogP contribution in [-0.2, 0) is 22.0 Å². The second-order valence-electron chi connectivity index (χ2n) is 9.22. The van der Waals surface area contributed by atoms with Crippen LogP contribution in [0.5, 0.6) is 5.75 Å². The molecule has 26 heavy (non-hydrogen) atoms. The van der Waals surface area contributed by atoms with Crippen molar-refractivity contribution in [2.75, 3.05) is 0 Å². The summed E-state index contributed by atoms with van der Waals surface area (Å²) < 4.78 is 0. The minimum atomic E-state index is -1.08. The standard InChI is InChI=1S/C21H34O5/c1-20(2,3)16-9-13(10-17(19(16)26)21(4,5)6)7-8-14(22)11-15(23)12-18(24)25/h9-10,14-15,22-23,26H,7-8,11-12H2,1-6H3,(H,24,25)/t14-,15-/m1/s1. The van der Waals surface area contributed by atoms with E-state index < -0.39 is 18.2 Å². The molecule has 1 aromatic carbocycles. The van der Waals surface area contributed by atoms with Gasteiger partial charge in [-0.05, 0) is 46.8 Å². The fraction of sp³-hybridized carbons (Fsp3) is 0.667. The fourth-order valence-electron chi connectivity index (χ4n) is 3.03. The Morgan fingerprint density at radius 3 is 1.81 bits per heavy atom. The second kappa shape index (κ2) is 8.40. The first-order valence-electron chi connectivity index (χ1n) is 9.16. The third-order valence-corrected chi connectivity index (χ3v) is 4.51. The molecule has 0 bridgehead atoms. The van der Waals surface area contributed by atoms with E-state index in [2.05, 4.69) is 41.5 Å². The van der Waals surface area contributed by atoms with Gasteiger partial charge in [0.25, 0.3) is 0 Å². The molecule has 0 aliphatic carbocycles. The number of rotatable bonds is 7. The highest BCUT2D eigenvalue weighted by Gasteiger charge is 2.26. The number of aromatic hydroxyl groups is 1. The van der Waals surface area contributed by atoms with Crippen molar-refractivity contribution < 1.29 is 25.2 Å². The minimum absolute atomic E-state index is 0.0443. The van der Waals surface area contributed by atoms with Gasteiger partial charge in [0.1, 0.15) is 5.75 Å². The van der Waals surface area contributed by atoms with Crippen molar-refractivity contribution in [1.82, 2.24) is 0 Å². The van der Waals surface area contributed by atoms with Crippen molar-refractivity contribution in [3.63, 3.8) is 0 Å². The van der Waals surface area contributed by atoms with Gasteiger partial charge in [0, 0.05) is 0 Å². The normalized spacial score (nSPS) is 14.9. The molecule has 1 aromatic rings. The van der Waals surface area contributed by atoms with Gasteiger partial charge in [-0.3, -0.25) is 4.79 Å². The molecule has 1 rings (SSSR count). The topological polar surface area (TPSA) is 98.0 Å². The Labute approximate surface area is 156 Å². The summed E-state index contributed by atoms with van der Waals surface area (Å²) in [6, 6.07) is 3.95. The number of carboxylic acids is 1. The van der Waals surface area contributed by atoms with E-state index in [4.69, 9.17) is 5.11 Å². The molecule has 5 heteroatoms. The van der Waals surface area contributed by atoms with Crippen LogP contribution in [0.25, 0.3) is 0 Å². The third-order valence-electron chi connectivity index (χ3n) is 4.51. The first-order valence-corrected chi connectivity index (χ1v) is 9.16. The van der Waals surface area contributed by atoms with E-state index in [1.165, 1.54) is 0 Å². The summed E-state index contributed by atoms with van der Waals surface area (Å²) >= 11 is 0. The molecule has 0 unspecified atom stereocenters. The Bertz CT molecular complexity index is 587. The number of phenols is 1. The molecule has 0 aliphatic rings. The molecular formula is C21H34O5. The van der Waals surface area contributed by atoms with Crippen LogP contribution in [0, 0.1) is 0 Å². The van der Waals surface area contributed by atoms with Gasteiger partial charge in [-0.15, -0.1) is 0 Å².